The summed E-state index contributed by atoms with van der Waals surface area (Å²) in [4.78, 5) is 11.2. The van der Waals surface area contributed by atoms with Gasteiger partial charge in [-0.15, -0.1) is 0 Å². The van der Waals surface area contributed by atoms with Crippen LogP contribution in [0.2, 0.25) is 0 Å². The fourth-order valence-corrected chi connectivity index (χ4v) is 1.70. The minimum Gasteiger partial charge on any atom is -0.294 e. The summed E-state index contributed by atoms with van der Waals surface area (Å²) in [6.07, 6.45) is 0.813. The van der Waals surface area contributed by atoms with Crippen LogP contribution in [0, 0.1) is 5.92 Å². The summed E-state index contributed by atoms with van der Waals surface area (Å²) in [6.45, 7) is 4.01. The molecule has 0 aliphatic heterocycles. The molecule has 2 atom stereocenters. The fourth-order valence-electron chi connectivity index (χ4n) is 1.70. The lowest BCUT2D eigenvalue weighted by molar-refractivity contribution is -0.124. The molecule has 0 heterocycles. The zero-order valence-electron chi connectivity index (χ0n) is 9.23. The van der Waals surface area contributed by atoms with Crippen molar-refractivity contribution in [2.75, 3.05) is 0 Å². The molecule has 15 heavy (non-hydrogen) atoms. The van der Waals surface area contributed by atoms with Gasteiger partial charge in [0.1, 0.15) is 0 Å². The van der Waals surface area contributed by atoms with Crippen molar-refractivity contribution in [3.8, 4) is 0 Å². The van der Waals surface area contributed by atoms with E-state index >= 15 is 0 Å². The third-order valence-corrected chi connectivity index (χ3v) is 2.67. The Morgan fingerprint density at radius 2 is 1.93 bits per heavy atom. The number of hydrogen-bond acceptors (Lipinski definition) is 2. The molecule has 82 valence electrons. The van der Waals surface area contributed by atoms with Gasteiger partial charge >= 0.3 is 0 Å². The standard InChI is InChI=1S/C12H18N2O/c1-9(8-10(2)12(15)14-13)11-6-4-3-5-7-11/h3-7,9-10H,8,13H2,1-2H3,(H,14,15). The van der Waals surface area contributed by atoms with Crippen LogP contribution in [0.15, 0.2) is 30.3 Å². The van der Waals surface area contributed by atoms with Crippen LogP contribution in [-0.2, 0) is 4.79 Å². The van der Waals surface area contributed by atoms with E-state index in [-0.39, 0.29) is 11.8 Å². The molecule has 0 fully saturated rings. The first-order valence-corrected chi connectivity index (χ1v) is 5.20. The van der Waals surface area contributed by atoms with Crippen molar-refractivity contribution in [1.82, 2.24) is 5.43 Å². The average Bonchev–Trinajstić information content (AvgIpc) is 2.29. The zero-order valence-corrected chi connectivity index (χ0v) is 9.23. The lowest BCUT2D eigenvalue weighted by atomic mass is 9.91. The van der Waals surface area contributed by atoms with Crippen molar-refractivity contribution in [3.63, 3.8) is 0 Å². The molecule has 0 saturated carbocycles. The number of hydrazine groups is 1. The predicted octanol–water partition coefficient (Wildman–Crippen LogP) is 1.81. The summed E-state index contributed by atoms with van der Waals surface area (Å²) in [5.74, 6) is 5.31. The van der Waals surface area contributed by atoms with Crippen molar-refractivity contribution in [2.24, 2.45) is 11.8 Å². The predicted molar refractivity (Wildman–Crippen MR) is 61.0 cm³/mol. The van der Waals surface area contributed by atoms with E-state index in [1.165, 1.54) is 5.56 Å². The Labute approximate surface area is 90.6 Å². The van der Waals surface area contributed by atoms with Crippen molar-refractivity contribution in [1.29, 1.82) is 0 Å². The van der Waals surface area contributed by atoms with Crippen LogP contribution in [0.25, 0.3) is 0 Å². The molecule has 0 aliphatic carbocycles. The number of amides is 1. The zero-order chi connectivity index (χ0) is 11.3. The Bertz CT molecular complexity index is 311. The molecule has 1 rings (SSSR count). The van der Waals surface area contributed by atoms with Crippen LogP contribution >= 0.6 is 0 Å². The highest BCUT2D eigenvalue weighted by atomic mass is 16.2. The largest absolute Gasteiger partial charge is 0.294 e. The summed E-state index contributed by atoms with van der Waals surface area (Å²) in [5.41, 5.74) is 3.44. The second-order valence-electron chi connectivity index (χ2n) is 3.96. The molecule has 3 heteroatoms. The van der Waals surface area contributed by atoms with Crippen LogP contribution in [0.4, 0.5) is 0 Å². The molecule has 0 saturated heterocycles. The lowest BCUT2D eigenvalue weighted by Crippen LogP contribution is -2.35. The van der Waals surface area contributed by atoms with E-state index in [1.807, 2.05) is 25.1 Å². The van der Waals surface area contributed by atoms with Gasteiger partial charge in [-0.25, -0.2) is 5.84 Å². The lowest BCUT2D eigenvalue weighted by Gasteiger charge is -2.16. The maximum absolute atomic E-state index is 11.2. The van der Waals surface area contributed by atoms with Crippen LogP contribution in [0.3, 0.4) is 0 Å². The first-order chi connectivity index (χ1) is 7.15. The van der Waals surface area contributed by atoms with Crippen LogP contribution in [0.1, 0.15) is 31.7 Å². The second-order valence-corrected chi connectivity index (χ2v) is 3.96. The maximum Gasteiger partial charge on any atom is 0.236 e. The molecule has 1 aromatic carbocycles. The molecule has 0 aromatic heterocycles. The molecular formula is C12H18N2O. The number of hydrogen-bond donors (Lipinski definition) is 2. The Morgan fingerprint density at radius 1 is 1.33 bits per heavy atom. The summed E-state index contributed by atoms with van der Waals surface area (Å²) < 4.78 is 0. The van der Waals surface area contributed by atoms with Gasteiger partial charge in [0.15, 0.2) is 0 Å². The Balaban J connectivity index is 2.56. The van der Waals surface area contributed by atoms with Crippen molar-refractivity contribution in [3.05, 3.63) is 35.9 Å². The molecule has 2 unspecified atom stereocenters. The molecular weight excluding hydrogens is 188 g/mol. The molecule has 0 aliphatic rings. The van der Waals surface area contributed by atoms with Gasteiger partial charge in [-0.2, -0.15) is 0 Å². The quantitative estimate of drug-likeness (QED) is 0.448. The smallest absolute Gasteiger partial charge is 0.236 e. The van der Waals surface area contributed by atoms with Gasteiger partial charge in [0.05, 0.1) is 0 Å². The van der Waals surface area contributed by atoms with E-state index in [0.29, 0.717) is 5.92 Å². The SMILES string of the molecule is CC(CC(C)c1ccccc1)C(=O)NN. The fraction of sp³-hybridized carbons (Fsp3) is 0.417. The minimum absolute atomic E-state index is 0.0507. The number of nitrogens with two attached hydrogens (primary N) is 1. The number of rotatable bonds is 4. The monoisotopic (exact) mass is 206 g/mol. The first kappa shape index (κ1) is 11.7. The molecule has 1 aromatic rings. The third-order valence-electron chi connectivity index (χ3n) is 2.67. The number of carbonyl (C=O) groups excluding carboxylic acids is 1. The summed E-state index contributed by atoms with van der Waals surface area (Å²) in [7, 11) is 0. The van der Waals surface area contributed by atoms with E-state index in [4.69, 9.17) is 5.84 Å². The third kappa shape index (κ3) is 3.36. The number of nitrogens with one attached hydrogen (secondary N) is 1. The van der Waals surface area contributed by atoms with Crippen molar-refractivity contribution in [2.45, 2.75) is 26.2 Å². The van der Waals surface area contributed by atoms with E-state index in [0.717, 1.165) is 6.42 Å². The number of benzene rings is 1. The molecule has 3 N–H and O–H groups in total. The Hall–Kier alpha value is -1.35. The van der Waals surface area contributed by atoms with E-state index in [2.05, 4.69) is 24.5 Å². The van der Waals surface area contributed by atoms with Gasteiger partial charge in [0.2, 0.25) is 5.91 Å². The van der Waals surface area contributed by atoms with Crippen molar-refractivity contribution < 1.29 is 4.79 Å². The van der Waals surface area contributed by atoms with Crippen LogP contribution < -0.4 is 11.3 Å². The van der Waals surface area contributed by atoms with Crippen molar-refractivity contribution >= 4 is 5.91 Å². The van der Waals surface area contributed by atoms with Gasteiger partial charge in [-0.1, -0.05) is 44.2 Å². The highest BCUT2D eigenvalue weighted by molar-refractivity contribution is 5.77. The summed E-state index contributed by atoms with van der Waals surface area (Å²) >= 11 is 0. The molecule has 0 bridgehead atoms. The average molecular weight is 206 g/mol. The Kier molecular flexibility index (Phi) is 4.31. The summed E-state index contributed by atoms with van der Waals surface area (Å²) in [5, 5.41) is 0. The normalized spacial score (nSPS) is 14.3. The van der Waals surface area contributed by atoms with Gasteiger partial charge in [0.25, 0.3) is 0 Å². The highest BCUT2D eigenvalue weighted by Gasteiger charge is 2.15. The van der Waals surface area contributed by atoms with Gasteiger partial charge in [0, 0.05) is 5.92 Å². The molecule has 0 spiro atoms. The van der Waals surface area contributed by atoms with Gasteiger partial charge < -0.3 is 0 Å². The van der Waals surface area contributed by atoms with Gasteiger partial charge in [-0.3, -0.25) is 10.2 Å². The number of carbonyl (C=O) groups is 1. The van der Waals surface area contributed by atoms with E-state index in [9.17, 15) is 4.79 Å². The van der Waals surface area contributed by atoms with Crippen LogP contribution in [0.5, 0.6) is 0 Å². The van der Waals surface area contributed by atoms with E-state index < -0.39 is 0 Å². The maximum atomic E-state index is 11.2. The van der Waals surface area contributed by atoms with Gasteiger partial charge in [-0.05, 0) is 17.9 Å². The Morgan fingerprint density at radius 3 is 2.47 bits per heavy atom. The summed E-state index contributed by atoms with van der Waals surface area (Å²) in [6, 6.07) is 10.2. The van der Waals surface area contributed by atoms with E-state index in [1.54, 1.807) is 0 Å². The minimum atomic E-state index is -0.0993. The second kappa shape index (κ2) is 5.51. The molecule has 0 radical (unpaired) electrons. The molecule has 1 amide bonds. The topological polar surface area (TPSA) is 55.1 Å². The first-order valence-electron chi connectivity index (χ1n) is 5.20. The van der Waals surface area contributed by atoms with Crippen LogP contribution in [-0.4, -0.2) is 5.91 Å². The highest BCUT2D eigenvalue weighted by Crippen LogP contribution is 2.22. The molecule has 3 nitrogen and oxygen atoms in total.